The van der Waals surface area contributed by atoms with Crippen LogP contribution in [0.5, 0.6) is 0 Å². The number of amides is 1. The second-order valence-corrected chi connectivity index (χ2v) is 4.88. The lowest BCUT2D eigenvalue weighted by Gasteiger charge is -2.01. The van der Waals surface area contributed by atoms with Crippen LogP contribution in [-0.4, -0.2) is 32.6 Å². The molecule has 1 N–H and O–H groups in total. The molecule has 0 saturated heterocycles. The molecule has 0 radical (unpaired) electrons. The highest BCUT2D eigenvalue weighted by atomic mass is 32.1. The molecule has 0 atom stereocenters. The summed E-state index contributed by atoms with van der Waals surface area (Å²) in [4.78, 5) is 14.3. The first-order valence-electron chi connectivity index (χ1n) is 5.96. The van der Waals surface area contributed by atoms with E-state index >= 15 is 0 Å². The summed E-state index contributed by atoms with van der Waals surface area (Å²) in [5.41, 5.74) is 0.266. The minimum Gasteiger partial charge on any atom is -0.355 e. The van der Waals surface area contributed by atoms with Crippen molar-refractivity contribution in [2.45, 2.75) is 6.54 Å². The standard InChI is InChI=1S/C12H11N5O2S/c18-12(13-5-6-17-14-3-4-15-17)9-8-10(19-16-9)11-2-1-7-20-11/h1-4,7-8H,5-6H2,(H,13,18). The Hall–Kier alpha value is -2.48. The number of aromatic nitrogens is 4. The highest BCUT2D eigenvalue weighted by Crippen LogP contribution is 2.24. The topological polar surface area (TPSA) is 85.8 Å². The molecule has 3 aromatic heterocycles. The molecule has 0 spiro atoms. The summed E-state index contributed by atoms with van der Waals surface area (Å²) in [6.07, 6.45) is 3.18. The number of thiophene rings is 1. The molecule has 3 aromatic rings. The maximum Gasteiger partial charge on any atom is 0.273 e. The lowest BCUT2D eigenvalue weighted by molar-refractivity contribution is 0.0942. The predicted molar refractivity (Wildman–Crippen MR) is 72.2 cm³/mol. The van der Waals surface area contributed by atoms with Crippen molar-refractivity contribution >= 4 is 17.2 Å². The van der Waals surface area contributed by atoms with Crippen LogP contribution in [0.1, 0.15) is 10.5 Å². The smallest absolute Gasteiger partial charge is 0.273 e. The number of nitrogens with one attached hydrogen (secondary N) is 1. The van der Waals surface area contributed by atoms with Crippen LogP contribution in [0.15, 0.2) is 40.5 Å². The number of carbonyl (C=O) groups excluding carboxylic acids is 1. The molecule has 0 unspecified atom stereocenters. The molecule has 0 aliphatic heterocycles. The third-order valence-electron chi connectivity index (χ3n) is 2.57. The third kappa shape index (κ3) is 2.75. The molecule has 0 fully saturated rings. The highest BCUT2D eigenvalue weighted by Gasteiger charge is 2.13. The molecular formula is C12H11N5O2S. The maximum absolute atomic E-state index is 11.9. The largest absolute Gasteiger partial charge is 0.355 e. The van der Waals surface area contributed by atoms with E-state index in [1.807, 2.05) is 17.5 Å². The van der Waals surface area contributed by atoms with Crippen molar-refractivity contribution in [3.05, 3.63) is 41.7 Å². The predicted octanol–water partition coefficient (Wildman–Crippen LogP) is 1.42. The van der Waals surface area contributed by atoms with E-state index in [1.165, 1.54) is 16.1 Å². The SMILES string of the molecule is O=C(NCCn1nccn1)c1cc(-c2cccs2)on1. The Morgan fingerprint density at radius 2 is 2.25 bits per heavy atom. The first kappa shape index (κ1) is 12.5. The van der Waals surface area contributed by atoms with Gasteiger partial charge in [0.1, 0.15) is 0 Å². The summed E-state index contributed by atoms with van der Waals surface area (Å²) in [5, 5.41) is 16.3. The molecule has 0 aliphatic carbocycles. The van der Waals surface area contributed by atoms with Gasteiger partial charge in [-0.05, 0) is 11.4 Å². The van der Waals surface area contributed by atoms with Gasteiger partial charge in [0.25, 0.3) is 5.91 Å². The van der Waals surface area contributed by atoms with Gasteiger partial charge in [-0.3, -0.25) is 4.79 Å². The van der Waals surface area contributed by atoms with E-state index in [0.717, 1.165) is 4.88 Å². The second kappa shape index (κ2) is 5.66. The van der Waals surface area contributed by atoms with Crippen molar-refractivity contribution in [3.63, 3.8) is 0 Å². The first-order chi connectivity index (χ1) is 9.83. The zero-order valence-corrected chi connectivity index (χ0v) is 11.2. The third-order valence-corrected chi connectivity index (χ3v) is 3.46. The van der Waals surface area contributed by atoms with Crippen LogP contribution in [0.4, 0.5) is 0 Å². The zero-order valence-electron chi connectivity index (χ0n) is 10.4. The summed E-state index contributed by atoms with van der Waals surface area (Å²) >= 11 is 1.53. The van der Waals surface area contributed by atoms with Crippen LogP contribution < -0.4 is 5.32 Å². The molecule has 3 rings (SSSR count). The Kier molecular flexibility index (Phi) is 3.55. The molecule has 7 nitrogen and oxygen atoms in total. The lowest BCUT2D eigenvalue weighted by Crippen LogP contribution is -2.28. The number of carbonyl (C=O) groups is 1. The van der Waals surface area contributed by atoms with Gasteiger partial charge in [0.05, 0.1) is 23.8 Å². The van der Waals surface area contributed by atoms with Gasteiger partial charge in [-0.2, -0.15) is 15.0 Å². The maximum atomic E-state index is 11.9. The number of nitrogens with zero attached hydrogens (tertiary/aromatic N) is 4. The average Bonchev–Trinajstić information content (AvgIpc) is 3.20. The number of hydrogen-bond donors (Lipinski definition) is 1. The van der Waals surface area contributed by atoms with Crippen molar-refractivity contribution in [1.82, 2.24) is 25.5 Å². The fraction of sp³-hybridized carbons (Fsp3) is 0.167. The van der Waals surface area contributed by atoms with E-state index < -0.39 is 0 Å². The van der Waals surface area contributed by atoms with Gasteiger partial charge >= 0.3 is 0 Å². The van der Waals surface area contributed by atoms with Crippen LogP contribution in [0.3, 0.4) is 0 Å². The number of hydrogen-bond acceptors (Lipinski definition) is 6. The van der Waals surface area contributed by atoms with Gasteiger partial charge in [-0.25, -0.2) is 0 Å². The molecule has 0 saturated carbocycles. The van der Waals surface area contributed by atoms with Crippen LogP contribution in [0.25, 0.3) is 10.6 Å². The normalized spacial score (nSPS) is 10.6. The molecule has 1 amide bonds. The highest BCUT2D eigenvalue weighted by molar-refractivity contribution is 7.13. The lowest BCUT2D eigenvalue weighted by atomic mass is 10.3. The monoisotopic (exact) mass is 289 g/mol. The molecule has 0 bridgehead atoms. The van der Waals surface area contributed by atoms with Gasteiger partial charge < -0.3 is 9.84 Å². The van der Waals surface area contributed by atoms with Gasteiger partial charge in [0.15, 0.2) is 11.5 Å². The Morgan fingerprint density at radius 1 is 1.40 bits per heavy atom. The van der Waals surface area contributed by atoms with E-state index in [2.05, 4.69) is 20.7 Å². The van der Waals surface area contributed by atoms with Gasteiger partial charge in [-0.15, -0.1) is 11.3 Å². The van der Waals surface area contributed by atoms with Gasteiger partial charge in [-0.1, -0.05) is 11.2 Å². The van der Waals surface area contributed by atoms with Gasteiger partial charge in [0.2, 0.25) is 0 Å². The Morgan fingerprint density at radius 3 is 3.00 bits per heavy atom. The van der Waals surface area contributed by atoms with Crippen molar-refractivity contribution in [2.24, 2.45) is 0 Å². The molecule has 8 heteroatoms. The first-order valence-corrected chi connectivity index (χ1v) is 6.84. The van der Waals surface area contributed by atoms with Crippen LogP contribution >= 0.6 is 11.3 Å². The number of rotatable bonds is 5. The van der Waals surface area contributed by atoms with Crippen LogP contribution in [0.2, 0.25) is 0 Å². The Bertz CT molecular complexity index is 675. The van der Waals surface area contributed by atoms with E-state index in [1.54, 1.807) is 18.5 Å². The van der Waals surface area contributed by atoms with Crippen molar-refractivity contribution in [3.8, 4) is 10.6 Å². The molecular weight excluding hydrogens is 278 g/mol. The summed E-state index contributed by atoms with van der Waals surface area (Å²) in [6.45, 7) is 0.934. The van der Waals surface area contributed by atoms with E-state index in [-0.39, 0.29) is 11.6 Å². The van der Waals surface area contributed by atoms with Crippen LogP contribution in [-0.2, 0) is 6.54 Å². The van der Waals surface area contributed by atoms with Crippen molar-refractivity contribution in [2.75, 3.05) is 6.54 Å². The quantitative estimate of drug-likeness (QED) is 0.767. The van der Waals surface area contributed by atoms with E-state index in [4.69, 9.17) is 4.52 Å². The van der Waals surface area contributed by atoms with E-state index in [0.29, 0.717) is 18.8 Å². The van der Waals surface area contributed by atoms with Crippen molar-refractivity contribution in [1.29, 1.82) is 0 Å². The van der Waals surface area contributed by atoms with E-state index in [9.17, 15) is 4.79 Å². The Labute approximate surface area is 118 Å². The average molecular weight is 289 g/mol. The summed E-state index contributed by atoms with van der Waals surface area (Å²) < 4.78 is 5.15. The summed E-state index contributed by atoms with van der Waals surface area (Å²) in [7, 11) is 0. The minimum atomic E-state index is -0.274. The minimum absolute atomic E-state index is 0.266. The molecule has 3 heterocycles. The Balaban J connectivity index is 1.57. The van der Waals surface area contributed by atoms with Crippen LogP contribution in [0, 0.1) is 0 Å². The molecule has 0 aliphatic rings. The summed E-state index contributed by atoms with van der Waals surface area (Å²) in [6, 6.07) is 5.46. The summed E-state index contributed by atoms with van der Waals surface area (Å²) in [5.74, 6) is 0.322. The molecule has 102 valence electrons. The molecule has 20 heavy (non-hydrogen) atoms. The second-order valence-electron chi connectivity index (χ2n) is 3.93. The van der Waals surface area contributed by atoms with Gasteiger partial charge in [0, 0.05) is 12.6 Å². The van der Waals surface area contributed by atoms with Crippen molar-refractivity contribution < 1.29 is 9.32 Å². The fourth-order valence-corrected chi connectivity index (χ4v) is 2.31. The zero-order chi connectivity index (χ0) is 13.8. The fourth-order valence-electron chi connectivity index (χ4n) is 1.64. The molecule has 0 aromatic carbocycles.